The molecule has 0 amide bonds. The van der Waals surface area contributed by atoms with Crippen LogP contribution in [0.15, 0.2) is 24.3 Å². The van der Waals surface area contributed by atoms with Crippen molar-refractivity contribution in [2.24, 2.45) is 0 Å². The summed E-state index contributed by atoms with van der Waals surface area (Å²) >= 11 is 0. The number of para-hydroxylation sites is 1. The summed E-state index contributed by atoms with van der Waals surface area (Å²) < 4.78 is 22.0. The van der Waals surface area contributed by atoms with Gasteiger partial charge in [0.2, 0.25) is 0 Å². The third-order valence-corrected chi connectivity index (χ3v) is 3.47. The quantitative estimate of drug-likeness (QED) is 0.622. The Bertz CT molecular complexity index is 528. The Kier molecular flexibility index (Phi) is 4.80. The molecule has 0 aromatic heterocycles. The second-order valence-electron chi connectivity index (χ2n) is 4.12. The minimum atomic E-state index is -3.02. The van der Waals surface area contributed by atoms with Crippen LogP contribution in [0.4, 0.5) is 5.69 Å². The standard InChI is InChI=1S/C11H16N2O4S/c1-9(12-7-8-18(2,16)17)10-5-3-4-6-11(10)13(14)15/h3-6,9,12H,7-8H2,1-2H3. The molecule has 0 bridgehead atoms. The molecule has 0 saturated heterocycles. The highest BCUT2D eigenvalue weighted by Gasteiger charge is 2.17. The lowest BCUT2D eigenvalue weighted by Crippen LogP contribution is -2.25. The van der Waals surface area contributed by atoms with Crippen molar-refractivity contribution in [3.63, 3.8) is 0 Å². The van der Waals surface area contributed by atoms with Gasteiger partial charge in [0.05, 0.1) is 10.7 Å². The minimum Gasteiger partial charge on any atom is -0.309 e. The first-order valence-corrected chi connectivity index (χ1v) is 7.52. The maximum atomic E-state index is 11.0. The van der Waals surface area contributed by atoms with Crippen LogP contribution in [-0.4, -0.2) is 31.9 Å². The molecule has 1 rings (SSSR count). The maximum absolute atomic E-state index is 11.0. The molecule has 0 aliphatic heterocycles. The Morgan fingerprint density at radius 1 is 1.39 bits per heavy atom. The predicted molar refractivity (Wildman–Crippen MR) is 69.2 cm³/mol. The van der Waals surface area contributed by atoms with E-state index in [0.29, 0.717) is 5.56 Å². The van der Waals surface area contributed by atoms with Crippen LogP contribution in [0.2, 0.25) is 0 Å². The van der Waals surface area contributed by atoms with Crippen molar-refractivity contribution in [3.8, 4) is 0 Å². The van der Waals surface area contributed by atoms with Gasteiger partial charge in [-0.3, -0.25) is 10.1 Å². The first kappa shape index (κ1) is 14.6. The number of nitro benzene ring substituents is 1. The highest BCUT2D eigenvalue weighted by Crippen LogP contribution is 2.24. The summed E-state index contributed by atoms with van der Waals surface area (Å²) in [6.45, 7) is 2.04. The highest BCUT2D eigenvalue weighted by molar-refractivity contribution is 7.90. The third-order valence-electron chi connectivity index (χ3n) is 2.52. The van der Waals surface area contributed by atoms with Gasteiger partial charge in [-0.15, -0.1) is 0 Å². The maximum Gasteiger partial charge on any atom is 0.274 e. The largest absolute Gasteiger partial charge is 0.309 e. The van der Waals surface area contributed by atoms with E-state index in [1.807, 2.05) is 0 Å². The van der Waals surface area contributed by atoms with Gasteiger partial charge < -0.3 is 5.32 Å². The van der Waals surface area contributed by atoms with Gasteiger partial charge in [-0.25, -0.2) is 8.42 Å². The van der Waals surface area contributed by atoms with Crippen LogP contribution in [0, 0.1) is 10.1 Å². The van der Waals surface area contributed by atoms with Gasteiger partial charge in [0.25, 0.3) is 5.69 Å². The molecule has 7 heteroatoms. The van der Waals surface area contributed by atoms with Crippen LogP contribution >= 0.6 is 0 Å². The van der Waals surface area contributed by atoms with Crippen molar-refractivity contribution in [1.82, 2.24) is 5.32 Å². The monoisotopic (exact) mass is 272 g/mol. The Balaban J connectivity index is 2.73. The van der Waals surface area contributed by atoms with Gasteiger partial charge in [0, 0.05) is 30.5 Å². The number of nitro groups is 1. The van der Waals surface area contributed by atoms with Crippen LogP contribution in [-0.2, 0) is 9.84 Å². The zero-order valence-corrected chi connectivity index (χ0v) is 11.1. The fourth-order valence-electron chi connectivity index (χ4n) is 1.59. The van der Waals surface area contributed by atoms with Crippen molar-refractivity contribution >= 4 is 15.5 Å². The van der Waals surface area contributed by atoms with Crippen LogP contribution in [0.3, 0.4) is 0 Å². The Labute approximate surface area is 106 Å². The Hall–Kier alpha value is -1.47. The third kappa shape index (κ3) is 4.42. The molecular formula is C11H16N2O4S. The van der Waals surface area contributed by atoms with E-state index in [2.05, 4.69) is 5.32 Å². The molecule has 18 heavy (non-hydrogen) atoms. The molecule has 1 unspecified atom stereocenters. The number of sulfone groups is 1. The van der Waals surface area contributed by atoms with Crippen molar-refractivity contribution in [3.05, 3.63) is 39.9 Å². The molecule has 1 N–H and O–H groups in total. The number of nitrogens with zero attached hydrogens (tertiary/aromatic N) is 1. The van der Waals surface area contributed by atoms with E-state index in [1.165, 1.54) is 6.07 Å². The molecule has 0 fully saturated rings. The number of nitrogens with one attached hydrogen (secondary N) is 1. The lowest BCUT2D eigenvalue weighted by Gasteiger charge is -2.13. The summed E-state index contributed by atoms with van der Waals surface area (Å²) in [6, 6.07) is 6.15. The molecule has 6 nitrogen and oxygen atoms in total. The molecular weight excluding hydrogens is 256 g/mol. The van der Waals surface area contributed by atoms with Crippen LogP contribution in [0.1, 0.15) is 18.5 Å². The van der Waals surface area contributed by atoms with E-state index in [4.69, 9.17) is 0 Å². The summed E-state index contributed by atoms with van der Waals surface area (Å²) in [5.41, 5.74) is 0.591. The Morgan fingerprint density at radius 2 is 2.00 bits per heavy atom. The fraction of sp³-hybridized carbons (Fsp3) is 0.455. The van der Waals surface area contributed by atoms with Gasteiger partial charge in [-0.05, 0) is 6.92 Å². The van der Waals surface area contributed by atoms with E-state index in [-0.39, 0.29) is 24.0 Å². The predicted octanol–water partition coefficient (Wildman–Crippen LogP) is 1.29. The summed E-state index contributed by atoms with van der Waals surface area (Å²) in [4.78, 5) is 10.4. The summed E-state index contributed by atoms with van der Waals surface area (Å²) in [5, 5.41) is 13.8. The molecule has 0 aliphatic carbocycles. The van der Waals surface area contributed by atoms with Crippen LogP contribution in [0.5, 0.6) is 0 Å². The topological polar surface area (TPSA) is 89.3 Å². The molecule has 1 aromatic rings. The van der Waals surface area contributed by atoms with Crippen LogP contribution in [0.25, 0.3) is 0 Å². The van der Waals surface area contributed by atoms with Crippen molar-refractivity contribution in [2.75, 3.05) is 18.6 Å². The lowest BCUT2D eigenvalue weighted by atomic mass is 10.1. The molecule has 1 aromatic carbocycles. The highest BCUT2D eigenvalue weighted by atomic mass is 32.2. The van der Waals surface area contributed by atoms with Gasteiger partial charge in [0.1, 0.15) is 9.84 Å². The second-order valence-corrected chi connectivity index (χ2v) is 6.38. The fourth-order valence-corrected chi connectivity index (χ4v) is 2.08. The van der Waals surface area contributed by atoms with Gasteiger partial charge in [0.15, 0.2) is 0 Å². The molecule has 0 radical (unpaired) electrons. The first-order chi connectivity index (χ1) is 8.31. The van der Waals surface area contributed by atoms with Crippen molar-refractivity contribution in [2.45, 2.75) is 13.0 Å². The van der Waals surface area contributed by atoms with Gasteiger partial charge in [-0.1, -0.05) is 18.2 Å². The zero-order chi connectivity index (χ0) is 13.8. The molecule has 0 aliphatic rings. The van der Waals surface area contributed by atoms with Gasteiger partial charge >= 0.3 is 0 Å². The molecule has 0 spiro atoms. The number of rotatable bonds is 6. The van der Waals surface area contributed by atoms with Crippen molar-refractivity contribution < 1.29 is 13.3 Å². The summed E-state index contributed by atoms with van der Waals surface area (Å²) in [7, 11) is -3.02. The lowest BCUT2D eigenvalue weighted by molar-refractivity contribution is -0.385. The van der Waals surface area contributed by atoms with E-state index < -0.39 is 14.8 Å². The Morgan fingerprint density at radius 3 is 2.56 bits per heavy atom. The summed E-state index contributed by atoms with van der Waals surface area (Å²) in [6.07, 6.45) is 1.16. The second kappa shape index (κ2) is 5.92. The van der Waals surface area contributed by atoms with E-state index in [9.17, 15) is 18.5 Å². The van der Waals surface area contributed by atoms with E-state index in [1.54, 1.807) is 25.1 Å². The average Bonchev–Trinajstić information content (AvgIpc) is 2.27. The molecule has 0 saturated carbocycles. The smallest absolute Gasteiger partial charge is 0.274 e. The van der Waals surface area contributed by atoms with Crippen LogP contribution < -0.4 is 5.32 Å². The normalized spacial score (nSPS) is 13.2. The number of benzene rings is 1. The zero-order valence-electron chi connectivity index (χ0n) is 10.3. The minimum absolute atomic E-state index is 0.0119. The molecule has 100 valence electrons. The van der Waals surface area contributed by atoms with Gasteiger partial charge in [-0.2, -0.15) is 0 Å². The SMILES string of the molecule is CC(NCCS(C)(=O)=O)c1ccccc1[N+](=O)[O-]. The summed E-state index contributed by atoms with van der Waals surface area (Å²) in [5.74, 6) is 0.0119. The number of hydrogen-bond donors (Lipinski definition) is 1. The first-order valence-electron chi connectivity index (χ1n) is 5.45. The number of hydrogen-bond acceptors (Lipinski definition) is 5. The van der Waals surface area contributed by atoms with E-state index >= 15 is 0 Å². The van der Waals surface area contributed by atoms with Crippen molar-refractivity contribution in [1.29, 1.82) is 0 Å². The molecule has 1 atom stereocenters. The van der Waals surface area contributed by atoms with E-state index in [0.717, 1.165) is 6.26 Å². The average molecular weight is 272 g/mol. The molecule has 0 heterocycles.